The van der Waals surface area contributed by atoms with Gasteiger partial charge in [-0.1, -0.05) is 0 Å². The molecule has 0 spiro atoms. The summed E-state index contributed by atoms with van der Waals surface area (Å²) in [5.74, 6) is 0. The van der Waals surface area contributed by atoms with Gasteiger partial charge in [-0.25, -0.2) is 0 Å². The normalized spacial score (nSPS) is 11.0. The van der Waals surface area contributed by atoms with Crippen molar-refractivity contribution in [3.05, 3.63) is 0 Å². The second-order valence-corrected chi connectivity index (χ2v) is 3.34. The molecule has 0 aromatic heterocycles. The van der Waals surface area contributed by atoms with E-state index in [1.807, 2.05) is 0 Å². The Bertz CT molecular complexity index is 132. The van der Waals surface area contributed by atoms with Crippen LogP contribution in [0.2, 0.25) is 0 Å². The molecule has 11 heavy (non-hydrogen) atoms. The van der Waals surface area contributed by atoms with Gasteiger partial charge in [0.05, 0.1) is 0 Å². The van der Waals surface area contributed by atoms with Crippen LogP contribution in [0.3, 0.4) is 0 Å². The summed E-state index contributed by atoms with van der Waals surface area (Å²) in [6.07, 6.45) is -0.489. The van der Waals surface area contributed by atoms with Gasteiger partial charge < -0.3 is 0 Å². The number of amides is 1. The molecular formula is C6H12AgNO3. The summed E-state index contributed by atoms with van der Waals surface area (Å²) >= 11 is 2.70. The number of carbonyl (C=O) groups excluding carboxylic acids is 1. The fourth-order valence-corrected chi connectivity index (χ4v) is 0.502. The first kappa shape index (κ1) is 11.0. The standard InChI is InChI=1S/C6H12NO3.Ag/c1-6(2,3)10-5(9)7-4-8;/h4H2,1-3H3,(H,7,9);/q-1;+1. The van der Waals surface area contributed by atoms with E-state index in [1.165, 1.54) is 0 Å². The molecule has 0 radical (unpaired) electrons. The van der Waals surface area contributed by atoms with E-state index >= 15 is 0 Å². The molecule has 0 aliphatic rings. The third kappa shape index (κ3) is 7.87. The van der Waals surface area contributed by atoms with Crippen molar-refractivity contribution < 1.29 is 34.2 Å². The molecule has 0 saturated heterocycles. The number of nitrogens with one attached hydrogen (secondary N) is 1. The average Bonchev–Trinajstić information content (AvgIpc) is 1.79. The zero-order valence-corrected chi connectivity index (χ0v) is 8.22. The Labute approximate surface area is 79.0 Å². The third-order valence-electron chi connectivity index (χ3n) is 0.659. The van der Waals surface area contributed by atoms with Gasteiger partial charge in [-0.2, -0.15) is 0 Å². The molecule has 1 amide bonds. The summed E-state index contributed by atoms with van der Waals surface area (Å²) in [5, 5.41) is 2.36. The topological polar surface area (TPSA) is 47.6 Å². The van der Waals surface area contributed by atoms with Crippen LogP contribution in [0.1, 0.15) is 20.8 Å². The van der Waals surface area contributed by atoms with E-state index < -0.39 is 11.7 Å². The van der Waals surface area contributed by atoms with Gasteiger partial charge in [-0.3, -0.25) is 0 Å². The van der Waals surface area contributed by atoms with Crippen molar-refractivity contribution in [2.75, 3.05) is 6.73 Å². The van der Waals surface area contributed by atoms with Crippen LogP contribution in [0.15, 0.2) is 0 Å². The van der Waals surface area contributed by atoms with Crippen molar-refractivity contribution in [1.82, 2.24) is 5.32 Å². The van der Waals surface area contributed by atoms with Crippen molar-refractivity contribution in [2.24, 2.45) is 0 Å². The van der Waals surface area contributed by atoms with E-state index in [9.17, 15) is 4.79 Å². The summed E-state index contributed by atoms with van der Waals surface area (Å²) in [5.41, 5.74) is -0.462. The van der Waals surface area contributed by atoms with E-state index in [0.717, 1.165) is 0 Å². The first-order valence-corrected chi connectivity index (χ1v) is 3.73. The van der Waals surface area contributed by atoms with Crippen LogP contribution in [-0.2, 0) is 29.4 Å². The molecule has 0 saturated carbocycles. The van der Waals surface area contributed by atoms with Crippen molar-refractivity contribution in [3.63, 3.8) is 0 Å². The van der Waals surface area contributed by atoms with E-state index in [1.54, 1.807) is 20.8 Å². The molecule has 0 heterocycles. The van der Waals surface area contributed by atoms with Gasteiger partial charge in [0, 0.05) is 0 Å². The van der Waals surface area contributed by atoms with Crippen LogP contribution in [0.4, 0.5) is 4.79 Å². The molecule has 0 rings (SSSR count). The Kier molecular flexibility index (Phi) is 4.76. The van der Waals surface area contributed by atoms with Gasteiger partial charge in [0.2, 0.25) is 0 Å². The van der Waals surface area contributed by atoms with Crippen LogP contribution in [0.25, 0.3) is 0 Å². The van der Waals surface area contributed by atoms with Crippen LogP contribution < -0.4 is 5.32 Å². The number of alkyl carbamates (subject to hydrolysis) is 1. The van der Waals surface area contributed by atoms with Gasteiger partial charge in [0.25, 0.3) is 0 Å². The number of carbonyl (C=O) groups is 1. The van der Waals surface area contributed by atoms with Gasteiger partial charge in [0.1, 0.15) is 0 Å². The molecule has 0 aromatic rings. The second-order valence-electron chi connectivity index (χ2n) is 2.91. The minimum atomic E-state index is -0.489. The quantitative estimate of drug-likeness (QED) is 0.589. The monoisotopic (exact) mass is 253 g/mol. The van der Waals surface area contributed by atoms with E-state index in [0.29, 0.717) is 0 Å². The fourth-order valence-electron chi connectivity index (χ4n) is 0.395. The minimum absolute atomic E-state index is 0.0911. The molecule has 0 unspecified atom stereocenters. The van der Waals surface area contributed by atoms with Gasteiger partial charge in [0.15, 0.2) is 0 Å². The summed E-state index contributed by atoms with van der Waals surface area (Å²) in [6.45, 7) is 5.47. The number of hydrogen-bond donors (Lipinski definition) is 1. The van der Waals surface area contributed by atoms with Gasteiger partial charge in [-0.05, 0) is 0 Å². The van der Waals surface area contributed by atoms with Crippen LogP contribution >= 0.6 is 0 Å². The Morgan fingerprint density at radius 3 is 2.45 bits per heavy atom. The summed E-state index contributed by atoms with van der Waals surface area (Å²) < 4.78 is 9.31. The third-order valence-corrected chi connectivity index (χ3v) is 0.873. The molecule has 0 aliphatic carbocycles. The molecule has 5 heteroatoms. The van der Waals surface area contributed by atoms with Crippen molar-refractivity contribution >= 4 is 6.09 Å². The molecule has 0 atom stereocenters. The molecule has 4 nitrogen and oxygen atoms in total. The van der Waals surface area contributed by atoms with Crippen molar-refractivity contribution in [3.8, 4) is 0 Å². The number of rotatable bonds is 2. The Morgan fingerprint density at radius 2 is 2.09 bits per heavy atom. The molecule has 0 fully saturated rings. The molecule has 0 aromatic carbocycles. The summed E-state index contributed by atoms with van der Waals surface area (Å²) in [6, 6.07) is 0. The van der Waals surface area contributed by atoms with Crippen LogP contribution in [-0.4, -0.2) is 18.4 Å². The van der Waals surface area contributed by atoms with Crippen LogP contribution in [0, 0.1) is 0 Å². The summed E-state index contributed by atoms with van der Waals surface area (Å²) in [7, 11) is 0. The maximum atomic E-state index is 10.8. The maximum absolute atomic E-state index is 10.8. The van der Waals surface area contributed by atoms with Crippen molar-refractivity contribution in [1.29, 1.82) is 0 Å². The SMILES string of the molecule is CC(C)(C)OC(=O)NC[O][Ag]. The molecular weight excluding hydrogens is 242 g/mol. The Hall–Kier alpha value is -0.0297. The zero-order chi connectivity index (χ0) is 8.91. The molecule has 0 bridgehead atoms. The van der Waals surface area contributed by atoms with Crippen LogP contribution in [0.5, 0.6) is 0 Å². The molecule has 0 aliphatic heterocycles. The predicted octanol–water partition coefficient (Wildman–Crippen LogP) is 0.947. The van der Waals surface area contributed by atoms with E-state index in [4.69, 9.17) is 4.74 Å². The van der Waals surface area contributed by atoms with E-state index in [-0.39, 0.29) is 6.73 Å². The molecule has 1 N–H and O–H groups in total. The van der Waals surface area contributed by atoms with E-state index in [2.05, 4.69) is 30.0 Å². The predicted molar refractivity (Wildman–Crippen MR) is 35.3 cm³/mol. The Balaban J connectivity index is 3.53. The fraction of sp³-hybridized carbons (Fsp3) is 0.833. The number of hydrogen-bond acceptors (Lipinski definition) is 3. The zero-order valence-electron chi connectivity index (χ0n) is 6.73. The van der Waals surface area contributed by atoms with Gasteiger partial charge in [-0.15, -0.1) is 0 Å². The van der Waals surface area contributed by atoms with Crippen molar-refractivity contribution in [2.45, 2.75) is 26.4 Å². The average molecular weight is 254 g/mol. The first-order chi connectivity index (χ1) is 4.95. The first-order valence-electron chi connectivity index (χ1n) is 3.13. The summed E-state index contributed by atoms with van der Waals surface area (Å²) in [4.78, 5) is 10.8. The van der Waals surface area contributed by atoms with Gasteiger partial charge >= 0.3 is 78.8 Å². The second kappa shape index (κ2) is 4.77. The Morgan fingerprint density at radius 1 is 1.55 bits per heavy atom. The molecule has 70 valence electrons. The number of ether oxygens (including phenoxy) is 1.